The van der Waals surface area contributed by atoms with Crippen molar-refractivity contribution in [2.45, 2.75) is 32.2 Å². The van der Waals surface area contributed by atoms with Gasteiger partial charge < -0.3 is 15.1 Å². The van der Waals surface area contributed by atoms with E-state index in [0.717, 1.165) is 0 Å². The second-order valence-electron chi connectivity index (χ2n) is 2.87. The van der Waals surface area contributed by atoms with Crippen molar-refractivity contribution in [3.05, 3.63) is 0 Å². The van der Waals surface area contributed by atoms with Crippen LogP contribution in [0.5, 0.6) is 0 Å². The molecule has 11 heavy (non-hydrogen) atoms. The van der Waals surface area contributed by atoms with Gasteiger partial charge in [0.2, 0.25) is 0 Å². The maximum atomic E-state index is 9.94. The normalized spacial score (nSPS) is 10.5. The number of hydrogen-bond acceptors (Lipinski definition) is 4. The molecule has 0 saturated carbocycles. The van der Waals surface area contributed by atoms with Crippen LogP contribution in [0.2, 0.25) is 0 Å². The summed E-state index contributed by atoms with van der Waals surface area (Å²) in [6.45, 7) is 3.41. The van der Waals surface area contributed by atoms with Gasteiger partial charge in [0.15, 0.2) is 0 Å². The largest absolute Gasteiger partial charge is 1.00 e. The van der Waals surface area contributed by atoms with Gasteiger partial charge in [-0.2, -0.15) is 0 Å². The first-order valence-electron chi connectivity index (χ1n) is 3.09. The van der Waals surface area contributed by atoms with Crippen LogP contribution in [0.15, 0.2) is 0 Å². The summed E-state index contributed by atoms with van der Waals surface area (Å²) >= 11 is 0. The SMILES string of the molecule is CC(C)(CCC(=O)[O-])NO.[Na+]. The smallest absolute Gasteiger partial charge is 0.550 e. The molecular weight excluding hydrogens is 157 g/mol. The molecule has 0 aliphatic rings. The Morgan fingerprint density at radius 1 is 1.64 bits per heavy atom. The molecule has 0 aromatic carbocycles. The van der Waals surface area contributed by atoms with Gasteiger partial charge in [0.1, 0.15) is 0 Å². The summed E-state index contributed by atoms with van der Waals surface area (Å²) in [6.07, 6.45) is 0.312. The Bertz CT molecular complexity index is 127. The van der Waals surface area contributed by atoms with E-state index >= 15 is 0 Å². The van der Waals surface area contributed by atoms with Crippen LogP contribution >= 0.6 is 0 Å². The van der Waals surface area contributed by atoms with Gasteiger partial charge in [-0.1, -0.05) is 0 Å². The molecule has 60 valence electrons. The van der Waals surface area contributed by atoms with Crippen LogP contribution in [-0.4, -0.2) is 16.7 Å². The van der Waals surface area contributed by atoms with Crippen LogP contribution in [0.3, 0.4) is 0 Å². The van der Waals surface area contributed by atoms with Crippen molar-refractivity contribution >= 4 is 5.97 Å². The number of hydroxylamine groups is 1. The van der Waals surface area contributed by atoms with Crippen molar-refractivity contribution in [2.75, 3.05) is 0 Å². The van der Waals surface area contributed by atoms with E-state index < -0.39 is 11.5 Å². The van der Waals surface area contributed by atoms with Crippen molar-refractivity contribution in [3.63, 3.8) is 0 Å². The molecule has 0 radical (unpaired) electrons. The molecule has 0 amide bonds. The predicted octanol–water partition coefficient (Wildman–Crippen LogP) is -3.72. The summed E-state index contributed by atoms with van der Waals surface area (Å²) < 4.78 is 0. The van der Waals surface area contributed by atoms with E-state index in [1.54, 1.807) is 13.8 Å². The zero-order valence-corrected chi connectivity index (χ0v) is 9.18. The molecule has 0 aliphatic heterocycles. The third-order valence-electron chi connectivity index (χ3n) is 1.26. The summed E-state index contributed by atoms with van der Waals surface area (Å²) in [6, 6.07) is 0. The molecule has 0 bridgehead atoms. The Labute approximate surface area is 88.2 Å². The van der Waals surface area contributed by atoms with E-state index in [9.17, 15) is 9.90 Å². The maximum absolute atomic E-state index is 9.94. The number of hydrogen-bond donors (Lipinski definition) is 2. The van der Waals surface area contributed by atoms with Gasteiger partial charge in [0.25, 0.3) is 0 Å². The number of nitrogens with one attached hydrogen (secondary N) is 1. The molecule has 5 heteroatoms. The fourth-order valence-corrected chi connectivity index (χ4v) is 0.470. The fourth-order valence-electron chi connectivity index (χ4n) is 0.470. The van der Waals surface area contributed by atoms with Crippen LogP contribution in [0.1, 0.15) is 26.7 Å². The number of carbonyl (C=O) groups excluding carboxylic acids is 1. The van der Waals surface area contributed by atoms with Crippen LogP contribution in [0.25, 0.3) is 0 Å². The molecule has 4 nitrogen and oxygen atoms in total. The molecule has 2 N–H and O–H groups in total. The third kappa shape index (κ3) is 8.29. The molecule has 0 fully saturated rings. The van der Waals surface area contributed by atoms with Crippen molar-refractivity contribution in [2.24, 2.45) is 0 Å². The number of carbonyl (C=O) groups is 1. The minimum atomic E-state index is -1.09. The van der Waals surface area contributed by atoms with E-state index in [0.29, 0.717) is 6.42 Å². The molecule has 0 atom stereocenters. The average molecular weight is 169 g/mol. The molecule has 0 aromatic heterocycles. The Kier molecular flexibility index (Phi) is 7.57. The van der Waals surface area contributed by atoms with Crippen molar-refractivity contribution in [1.82, 2.24) is 5.48 Å². The summed E-state index contributed by atoms with van der Waals surface area (Å²) in [5.74, 6) is -1.09. The molecule has 0 aromatic rings. The van der Waals surface area contributed by atoms with Gasteiger partial charge >= 0.3 is 29.6 Å². The minimum Gasteiger partial charge on any atom is -0.550 e. The van der Waals surface area contributed by atoms with Crippen LogP contribution in [0.4, 0.5) is 0 Å². The standard InChI is InChI=1S/C6H13NO3.Na/c1-6(2,7-10)4-3-5(8)9;/h7,10H,3-4H2,1-2H3,(H,8,9);/q;+1/p-1. The molecule has 0 aliphatic carbocycles. The summed E-state index contributed by atoms with van der Waals surface area (Å²) in [5, 5.41) is 18.4. The molecule has 0 unspecified atom stereocenters. The minimum absolute atomic E-state index is 0. The van der Waals surface area contributed by atoms with E-state index in [2.05, 4.69) is 0 Å². The Balaban J connectivity index is 0. The molecule has 0 spiro atoms. The molecule has 0 rings (SSSR count). The topological polar surface area (TPSA) is 72.4 Å². The van der Waals surface area contributed by atoms with E-state index in [4.69, 9.17) is 5.21 Å². The van der Waals surface area contributed by atoms with Gasteiger partial charge in [0, 0.05) is 11.5 Å². The average Bonchev–Trinajstić information content (AvgIpc) is 1.85. The van der Waals surface area contributed by atoms with Gasteiger partial charge in [-0.05, 0) is 26.7 Å². The predicted molar refractivity (Wildman–Crippen MR) is 33.2 cm³/mol. The first-order chi connectivity index (χ1) is 4.48. The fraction of sp³-hybridized carbons (Fsp3) is 0.833. The van der Waals surface area contributed by atoms with E-state index in [1.807, 2.05) is 5.48 Å². The first kappa shape index (κ1) is 13.9. The Morgan fingerprint density at radius 2 is 2.09 bits per heavy atom. The van der Waals surface area contributed by atoms with E-state index in [-0.39, 0.29) is 36.0 Å². The molecular formula is C6H12NNaO3. The van der Waals surface area contributed by atoms with Crippen molar-refractivity contribution in [3.8, 4) is 0 Å². The Morgan fingerprint density at radius 3 is 2.36 bits per heavy atom. The van der Waals surface area contributed by atoms with Crippen LogP contribution in [0, 0.1) is 0 Å². The number of carboxylic acids is 1. The second kappa shape index (κ2) is 5.97. The van der Waals surface area contributed by atoms with Gasteiger partial charge in [-0.15, -0.1) is 0 Å². The number of aliphatic carboxylic acids is 1. The van der Waals surface area contributed by atoms with Gasteiger partial charge in [-0.3, -0.25) is 0 Å². The van der Waals surface area contributed by atoms with E-state index in [1.165, 1.54) is 0 Å². The molecule has 0 saturated heterocycles. The quantitative estimate of drug-likeness (QED) is 0.335. The zero-order valence-electron chi connectivity index (χ0n) is 7.18. The third-order valence-corrected chi connectivity index (χ3v) is 1.26. The number of rotatable bonds is 4. The van der Waals surface area contributed by atoms with Crippen LogP contribution in [-0.2, 0) is 4.79 Å². The second-order valence-corrected chi connectivity index (χ2v) is 2.87. The van der Waals surface area contributed by atoms with Crippen molar-refractivity contribution in [1.29, 1.82) is 0 Å². The van der Waals surface area contributed by atoms with Gasteiger partial charge in [-0.25, -0.2) is 5.48 Å². The summed E-state index contributed by atoms with van der Waals surface area (Å²) in [7, 11) is 0. The summed E-state index contributed by atoms with van der Waals surface area (Å²) in [4.78, 5) is 9.94. The Hall–Kier alpha value is 0.390. The van der Waals surface area contributed by atoms with Crippen molar-refractivity contribution < 1.29 is 44.7 Å². The number of carboxylic acid groups (broad SMARTS) is 1. The summed E-state index contributed by atoms with van der Waals surface area (Å²) in [5.41, 5.74) is 1.46. The first-order valence-corrected chi connectivity index (χ1v) is 3.09. The zero-order chi connectivity index (χ0) is 8.20. The monoisotopic (exact) mass is 169 g/mol. The maximum Gasteiger partial charge on any atom is 1.00 e. The van der Waals surface area contributed by atoms with Gasteiger partial charge in [0.05, 0.1) is 0 Å². The van der Waals surface area contributed by atoms with Crippen LogP contribution < -0.4 is 40.1 Å². The molecule has 0 heterocycles.